The van der Waals surface area contributed by atoms with Gasteiger partial charge < -0.3 is 10.2 Å². The smallest absolute Gasteiger partial charge is 0.234 e. The van der Waals surface area contributed by atoms with Gasteiger partial charge in [-0.05, 0) is 29.7 Å². The van der Waals surface area contributed by atoms with Crippen molar-refractivity contribution in [2.45, 2.75) is 19.4 Å². The highest BCUT2D eigenvalue weighted by Crippen LogP contribution is 2.09. The zero-order valence-electron chi connectivity index (χ0n) is 15.9. The molecule has 2 aromatic rings. The van der Waals surface area contributed by atoms with Crippen LogP contribution in [-0.2, 0) is 22.6 Å². The molecule has 1 saturated heterocycles. The second kappa shape index (κ2) is 9.99. The van der Waals surface area contributed by atoms with Crippen LogP contribution in [0.4, 0.5) is 4.39 Å². The Bertz CT molecular complexity index is 789. The molecule has 148 valence electrons. The van der Waals surface area contributed by atoms with Crippen LogP contribution in [0.3, 0.4) is 0 Å². The number of benzene rings is 2. The van der Waals surface area contributed by atoms with Gasteiger partial charge in [-0.2, -0.15) is 0 Å². The van der Waals surface area contributed by atoms with Gasteiger partial charge in [0, 0.05) is 39.1 Å². The maximum atomic E-state index is 13.2. The van der Waals surface area contributed by atoms with E-state index in [1.54, 1.807) is 6.07 Å². The molecule has 1 N–H and O–H groups in total. The van der Waals surface area contributed by atoms with Gasteiger partial charge >= 0.3 is 0 Å². The van der Waals surface area contributed by atoms with Gasteiger partial charge in [-0.15, -0.1) is 0 Å². The van der Waals surface area contributed by atoms with Crippen molar-refractivity contribution in [1.82, 2.24) is 15.1 Å². The van der Waals surface area contributed by atoms with Crippen LogP contribution in [0.2, 0.25) is 0 Å². The molecule has 28 heavy (non-hydrogen) atoms. The molecule has 0 aromatic heterocycles. The molecule has 5 nitrogen and oxygen atoms in total. The van der Waals surface area contributed by atoms with E-state index < -0.39 is 0 Å². The molecule has 1 heterocycles. The lowest BCUT2D eigenvalue weighted by atomic mass is 10.1. The highest BCUT2D eigenvalue weighted by Gasteiger charge is 2.22. The van der Waals surface area contributed by atoms with Crippen LogP contribution in [0.15, 0.2) is 54.6 Å². The predicted molar refractivity (Wildman–Crippen MR) is 106 cm³/mol. The molecule has 2 aromatic carbocycles. The van der Waals surface area contributed by atoms with Crippen LogP contribution < -0.4 is 5.32 Å². The summed E-state index contributed by atoms with van der Waals surface area (Å²) in [4.78, 5) is 28.4. The number of halogens is 1. The van der Waals surface area contributed by atoms with E-state index in [9.17, 15) is 14.0 Å². The molecule has 6 heteroatoms. The SMILES string of the molecule is O=C(CN1CCN(C(=O)CCc2cccc(F)c2)CC1)NCc1ccccc1. The lowest BCUT2D eigenvalue weighted by Crippen LogP contribution is -2.51. The lowest BCUT2D eigenvalue weighted by Gasteiger charge is -2.34. The third kappa shape index (κ3) is 6.16. The Morgan fingerprint density at radius 3 is 2.36 bits per heavy atom. The summed E-state index contributed by atoms with van der Waals surface area (Å²) in [5, 5.41) is 2.93. The number of hydrogen-bond acceptors (Lipinski definition) is 3. The molecular weight excluding hydrogens is 357 g/mol. The van der Waals surface area contributed by atoms with Gasteiger partial charge in [0.1, 0.15) is 5.82 Å². The zero-order chi connectivity index (χ0) is 19.8. The molecule has 0 bridgehead atoms. The Morgan fingerprint density at radius 2 is 1.64 bits per heavy atom. The van der Waals surface area contributed by atoms with E-state index in [1.165, 1.54) is 12.1 Å². The summed E-state index contributed by atoms with van der Waals surface area (Å²) in [7, 11) is 0. The second-order valence-corrected chi connectivity index (χ2v) is 7.05. The molecule has 0 unspecified atom stereocenters. The minimum Gasteiger partial charge on any atom is -0.351 e. The van der Waals surface area contributed by atoms with Gasteiger partial charge in [-0.25, -0.2) is 4.39 Å². The average Bonchev–Trinajstić information content (AvgIpc) is 2.72. The summed E-state index contributed by atoms with van der Waals surface area (Å²) in [5.74, 6) is -0.198. The maximum absolute atomic E-state index is 13.2. The van der Waals surface area contributed by atoms with Gasteiger partial charge in [-0.1, -0.05) is 42.5 Å². The summed E-state index contributed by atoms with van der Waals surface area (Å²) in [5.41, 5.74) is 1.91. The minimum absolute atomic E-state index is 0.00488. The Morgan fingerprint density at radius 1 is 0.929 bits per heavy atom. The summed E-state index contributed by atoms with van der Waals surface area (Å²) in [6.07, 6.45) is 0.916. The van der Waals surface area contributed by atoms with Crippen molar-refractivity contribution in [3.63, 3.8) is 0 Å². The van der Waals surface area contributed by atoms with Gasteiger partial charge in [0.25, 0.3) is 0 Å². The van der Waals surface area contributed by atoms with Gasteiger partial charge in [0.2, 0.25) is 11.8 Å². The highest BCUT2D eigenvalue weighted by molar-refractivity contribution is 5.78. The van der Waals surface area contributed by atoms with Crippen LogP contribution in [0.1, 0.15) is 17.5 Å². The van der Waals surface area contributed by atoms with E-state index in [0.29, 0.717) is 52.1 Å². The summed E-state index contributed by atoms with van der Waals surface area (Å²) >= 11 is 0. The molecule has 1 fully saturated rings. The van der Waals surface area contributed by atoms with Crippen molar-refractivity contribution >= 4 is 11.8 Å². The first-order chi connectivity index (χ1) is 13.6. The molecular formula is C22H26FN3O2. The Labute approximate surface area is 165 Å². The first-order valence-corrected chi connectivity index (χ1v) is 9.65. The fourth-order valence-corrected chi connectivity index (χ4v) is 3.31. The number of rotatable bonds is 7. The second-order valence-electron chi connectivity index (χ2n) is 7.05. The van der Waals surface area contributed by atoms with E-state index >= 15 is 0 Å². The zero-order valence-corrected chi connectivity index (χ0v) is 15.9. The quantitative estimate of drug-likeness (QED) is 0.798. The van der Waals surface area contributed by atoms with Gasteiger partial charge in [-0.3, -0.25) is 14.5 Å². The van der Waals surface area contributed by atoms with E-state index in [1.807, 2.05) is 41.3 Å². The van der Waals surface area contributed by atoms with E-state index in [-0.39, 0.29) is 17.6 Å². The minimum atomic E-state index is -0.274. The van der Waals surface area contributed by atoms with Crippen molar-refractivity contribution in [3.05, 3.63) is 71.5 Å². The third-order valence-electron chi connectivity index (χ3n) is 4.94. The molecule has 2 amide bonds. The van der Waals surface area contributed by atoms with Crippen LogP contribution in [-0.4, -0.2) is 54.3 Å². The van der Waals surface area contributed by atoms with Crippen LogP contribution in [0.5, 0.6) is 0 Å². The number of nitrogens with zero attached hydrogens (tertiary/aromatic N) is 2. The standard InChI is InChI=1S/C22H26FN3O2/c23-20-8-4-7-18(15-20)9-10-22(28)26-13-11-25(12-14-26)17-21(27)24-16-19-5-2-1-3-6-19/h1-8,15H,9-14,16-17H2,(H,24,27). The molecule has 0 atom stereocenters. The number of amides is 2. The van der Waals surface area contributed by atoms with Crippen LogP contribution >= 0.6 is 0 Å². The molecule has 0 aliphatic carbocycles. The number of carbonyl (C=O) groups excluding carboxylic acids is 2. The van der Waals surface area contributed by atoms with E-state index in [4.69, 9.17) is 0 Å². The number of nitrogens with one attached hydrogen (secondary N) is 1. The van der Waals surface area contributed by atoms with Gasteiger partial charge in [0.05, 0.1) is 6.54 Å². The van der Waals surface area contributed by atoms with Crippen molar-refractivity contribution in [2.24, 2.45) is 0 Å². The van der Waals surface area contributed by atoms with Crippen molar-refractivity contribution in [2.75, 3.05) is 32.7 Å². The molecule has 3 rings (SSSR count). The van der Waals surface area contributed by atoms with Crippen LogP contribution in [0, 0.1) is 5.82 Å². The Hall–Kier alpha value is -2.73. The van der Waals surface area contributed by atoms with Crippen molar-refractivity contribution in [3.8, 4) is 0 Å². The third-order valence-corrected chi connectivity index (χ3v) is 4.94. The maximum Gasteiger partial charge on any atom is 0.234 e. The molecule has 0 spiro atoms. The number of aryl methyl sites for hydroxylation is 1. The molecule has 1 aliphatic heterocycles. The average molecular weight is 383 g/mol. The fourth-order valence-electron chi connectivity index (χ4n) is 3.31. The van der Waals surface area contributed by atoms with E-state index in [2.05, 4.69) is 10.2 Å². The van der Waals surface area contributed by atoms with Crippen molar-refractivity contribution in [1.29, 1.82) is 0 Å². The largest absolute Gasteiger partial charge is 0.351 e. The van der Waals surface area contributed by atoms with Crippen molar-refractivity contribution < 1.29 is 14.0 Å². The first-order valence-electron chi connectivity index (χ1n) is 9.65. The van der Waals surface area contributed by atoms with Crippen LogP contribution in [0.25, 0.3) is 0 Å². The van der Waals surface area contributed by atoms with E-state index in [0.717, 1.165) is 11.1 Å². The lowest BCUT2D eigenvalue weighted by molar-refractivity contribution is -0.133. The molecule has 0 radical (unpaired) electrons. The van der Waals surface area contributed by atoms with Gasteiger partial charge in [0.15, 0.2) is 0 Å². The summed E-state index contributed by atoms with van der Waals surface area (Å²) in [6.45, 7) is 3.48. The number of carbonyl (C=O) groups is 2. The summed E-state index contributed by atoms with van der Waals surface area (Å²) < 4.78 is 13.2. The first kappa shape index (κ1) is 20.0. The topological polar surface area (TPSA) is 52.7 Å². The normalized spacial score (nSPS) is 14.7. The fraction of sp³-hybridized carbons (Fsp3) is 0.364. The molecule has 0 saturated carbocycles. The highest BCUT2D eigenvalue weighted by atomic mass is 19.1. The molecule has 1 aliphatic rings. The summed E-state index contributed by atoms with van der Waals surface area (Å²) in [6, 6.07) is 16.2. The number of piperazine rings is 1. The monoisotopic (exact) mass is 383 g/mol. The number of hydrogen-bond donors (Lipinski definition) is 1. The Balaban J connectivity index is 1.35. The predicted octanol–water partition coefficient (Wildman–Crippen LogP) is 2.22. The Kier molecular flexibility index (Phi) is 7.14.